The minimum atomic E-state index is -1.20. The number of likely N-dealkylation sites (tertiary alicyclic amines) is 1. The number of nitriles is 1. The van der Waals surface area contributed by atoms with Crippen LogP contribution >= 0.6 is 0 Å². The maximum absolute atomic E-state index is 13.1. The number of hydrogen-bond acceptors (Lipinski definition) is 5. The van der Waals surface area contributed by atoms with E-state index in [0.29, 0.717) is 35.8 Å². The Hall–Kier alpha value is -3.90. The van der Waals surface area contributed by atoms with Crippen molar-refractivity contribution in [3.8, 4) is 6.07 Å². The number of carbonyl (C=O) groups is 3. The number of nitrogens with one attached hydrogen (secondary N) is 2. The molecule has 5 N–H and O–H groups in total. The minimum Gasteiger partial charge on any atom is -0.394 e. The van der Waals surface area contributed by atoms with Crippen molar-refractivity contribution in [2.75, 3.05) is 25.0 Å². The third-order valence-corrected chi connectivity index (χ3v) is 5.86. The van der Waals surface area contributed by atoms with Crippen molar-refractivity contribution in [2.24, 2.45) is 5.73 Å². The lowest BCUT2D eigenvalue weighted by Gasteiger charge is -2.32. The number of nitrogens with zero attached hydrogens (tertiary/aromatic N) is 2. The molecule has 1 atom stereocenters. The first-order valence-electron chi connectivity index (χ1n) is 10.7. The van der Waals surface area contributed by atoms with E-state index >= 15 is 0 Å². The molecule has 1 saturated heterocycles. The fourth-order valence-electron chi connectivity index (χ4n) is 3.84. The average Bonchev–Trinajstić information content (AvgIpc) is 2.83. The largest absolute Gasteiger partial charge is 0.394 e. The van der Waals surface area contributed by atoms with Crippen LogP contribution in [0.3, 0.4) is 0 Å². The molecule has 33 heavy (non-hydrogen) atoms. The Kier molecular flexibility index (Phi) is 7.64. The van der Waals surface area contributed by atoms with Gasteiger partial charge < -0.3 is 26.4 Å². The molecule has 1 aliphatic heterocycles. The Labute approximate surface area is 192 Å². The van der Waals surface area contributed by atoms with Crippen LogP contribution in [0.2, 0.25) is 0 Å². The van der Waals surface area contributed by atoms with Crippen LogP contribution in [0, 0.1) is 18.3 Å². The fourth-order valence-corrected chi connectivity index (χ4v) is 3.84. The molecule has 0 unspecified atom stereocenters. The van der Waals surface area contributed by atoms with Gasteiger partial charge in [0.05, 0.1) is 18.2 Å². The molecule has 3 rings (SSSR count). The van der Waals surface area contributed by atoms with Gasteiger partial charge in [-0.2, -0.15) is 5.26 Å². The first-order valence-corrected chi connectivity index (χ1v) is 10.7. The Morgan fingerprint density at radius 1 is 1.18 bits per heavy atom. The number of anilines is 1. The lowest BCUT2D eigenvalue weighted by atomic mass is 9.89. The molecule has 2 aromatic carbocycles. The van der Waals surface area contributed by atoms with Crippen LogP contribution in [0.25, 0.3) is 0 Å². The van der Waals surface area contributed by atoms with E-state index in [9.17, 15) is 14.4 Å². The zero-order chi connectivity index (χ0) is 24.0. The fraction of sp³-hybridized carbons (Fsp3) is 0.333. The highest BCUT2D eigenvalue weighted by molar-refractivity contribution is 5.98. The number of benzene rings is 2. The molecule has 1 heterocycles. The second-order valence-electron chi connectivity index (χ2n) is 8.07. The second-order valence-corrected chi connectivity index (χ2v) is 8.07. The normalized spacial score (nSPS) is 14.8. The van der Waals surface area contributed by atoms with E-state index in [4.69, 9.17) is 16.1 Å². The van der Waals surface area contributed by atoms with Gasteiger partial charge in [0.2, 0.25) is 5.91 Å². The van der Waals surface area contributed by atoms with E-state index in [2.05, 4.69) is 16.7 Å². The number of amides is 4. The summed E-state index contributed by atoms with van der Waals surface area (Å²) < 4.78 is 0. The van der Waals surface area contributed by atoms with Crippen molar-refractivity contribution < 1.29 is 19.5 Å². The summed E-state index contributed by atoms with van der Waals surface area (Å²) in [5.41, 5.74) is 8.53. The highest BCUT2D eigenvalue weighted by Crippen LogP contribution is 2.29. The van der Waals surface area contributed by atoms with Crippen LogP contribution in [0.5, 0.6) is 0 Å². The third kappa shape index (κ3) is 5.87. The smallest absolute Gasteiger partial charge is 0.319 e. The molecule has 2 aromatic rings. The molecule has 0 spiro atoms. The summed E-state index contributed by atoms with van der Waals surface area (Å²) in [5, 5.41) is 23.0. The molecule has 0 bridgehead atoms. The SMILES string of the molecule is Cc1ccc(C(=O)N2CCC(c3ccc(C#N)cc3)CC2)cc1NC(=O)N[C@@H](CO)C(N)=O. The average molecular weight is 450 g/mol. The molecule has 1 fully saturated rings. The quantitative estimate of drug-likeness (QED) is 0.531. The molecule has 1 aliphatic rings. The highest BCUT2D eigenvalue weighted by Gasteiger charge is 2.25. The second kappa shape index (κ2) is 10.6. The molecule has 0 radical (unpaired) electrons. The number of hydrogen-bond donors (Lipinski definition) is 4. The van der Waals surface area contributed by atoms with Crippen molar-refractivity contribution >= 4 is 23.5 Å². The predicted molar refractivity (Wildman–Crippen MR) is 122 cm³/mol. The zero-order valence-corrected chi connectivity index (χ0v) is 18.4. The maximum atomic E-state index is 13.1. The molecule has 9 heteroatoms. The molecule has 172 valence electrons. The van der Waals surface area contributed by atoms with E-state index in [1.54, 1.807) is 30.0 Å². The summed E-state index contributed by atoms with van der Waals surface area (Å²) in [6, 6.07) is 12.9. The number of nitrogens with two attached hydrogens (primary N) is 1. The Bertz CT molecular complexity index is 1070. The standard InChI is InChI=1S/C24H27N5O4/c1-15-2-5-19(12-20(15)27-24(33)28-21(14-30)22(26)31)23(32)29-10-8-18(9-11-29)17-6-3-16(13-25)4-7-17/h2-7,12,18,21,30H,8-11,14H2,1H3,(H2,26,31)(H2,27,28,33)/t21-/m0/s1. The van der Waals surface area contributed by atoms with Gasteiger partial charge in [-0.25, -0.2) is 4.79 Å². The van der Waals surface area contributed by atoms with Gasteiger partial charge >= 0.3 is 6.03 Å². The van der Waals surface area contributed by atoms with E-state index in [0.717, 1.165) is 18.4 Å². The van der Waals surface area contributed by atoms with E-state index in [1.807, 2.05) is 24.3 Å². The van der Waals surface area contributed by atoms with Crippen LogP contribution in [-0.2, 0) is 4.79 Å². The van der Waals surface area contributed by atoms with Gasteiger partial charge in [0.25, 0.3) is 5.91 Å². The number of urea groups is 1. The summed E-state index contributed by atoms with van der Waals surface area (Å²) in [5.74, 6) is -0.634. The van der Waals surface area contributed by atoms with Crippen LogP contribution in [0.4, 0.5) is 10.5 Å². The van der Waals surface area contributed by atoms with E-state index in [-0.39, 0.29) is 5.91 Å². The van der Waals surface area contributed by atoms with Gasteiger partial charge in [-0.3, -0.25) is 9.59 Å². The van der Waals surface area contributed by atoms with Crippen molar-refractivity contribution in [3.63, 3.8) is 0 Å². The molecular weight excluding hydrogens is 422 g/mol. The Morgan fingerprint density at radius 3 is 2.42 bits per heavy atom. The molecule has 0 aromatic heterocycles. The first-order chi connectivity index (χ1) is 15.8. The third-order valence-electron chi connectivity index (χ3n) is 5.86. The van der Waals surface area contributed by atoms with Crippen LogP contribution in [0.15, 0.2) is 42.5 Å². The van der Waals surface area contributed by atoms with Gasteiger partial charge in [0, 0.05) is 24.3 Å². The van der Waals surface area contributed by atoms with Gasteiger partial charge in [0.1, 0.15) is 6.04 Å². The number of aliphatic hydroxyl groups excluding tert-OH is 1. The highest BCUT2D eigenvalue weighted by atomic mass is 16.3. The Balaban J connectivity index is 1.63. The topological polar surface area (TPSA) is 149 Å². The van der Waals surface area contributed by atoms with Gasteiger partial charge in [-0.15, -0.1) is 0 Å². The number of primary amides is 1. The van der Waals surface area contributed by atoms with E-state index in [1.165, 1.54) is 5.56 Å². The van der Waals surface area contributed by atoms with Crippen molar-refractivity contribution in [1.29, 1.82) is 5.26 Å². The summed E-state index contributed by atoms with van der Waals surface area (Å²) >= 11 is 0. The van der Waals surface area contributed by atoms with Gasteiger partial charge in [-0.05, 0) is 61.1 Å². The van der Waals surface area contributed by atoms with Gasteiger partial charge in [-0.1, -0.05) is 18.2 Å². The molecule has 4 amide bonds. The monoisotopic (exact) mass is 449 g/mol. The summed E-state index contributed by atoms with van der Waals surface area (Å²) in [4.78, 5) is 38.2. The summed E-state index contributed by atoms with van der Waals surface area (Å²) in [6.45, 7) is 2.39. The lowest BCUT2D eigenvalue weighted by molar-refractivity contribution is -0.120. The molecular formula is C24H27N5O4. The lowest BCUT2D eigenvalue weighted by Crippen LogP contribution is -2.48. The van der Waals surface area contributed by atoms with Crippen molar-refractivity contribution in [3.05, 3.63) is 64.7 Å². The molecule has 0 saturated carbocycles. The maximum Gasteiger partial charge on any atom is 0.319 e. The number of aliphatic hydroxyl groups is 1. The molecule has 9 nitrogen and oxygen atoms in total. The summed E-state index contributed by atoms with van der Waals surface area (Å²) in [6.07, 6.45) is 1.65. The van der Waals surface area contributed by atoms with E-state index < -0.39 is 24.6 Å². The number of aryl methyl sites for hydroxylation is 1. The van der Waals surface area contributed by atoms with Crippen molar-refractivity contribution in [1.82, 2.24) is 10.2 Å². The Morgan fingerprint density at radius 2 is 1.85 bits per heavy atom. The van der Waals surface area contributed by atoms with Crippen LogP contribution in [-0.4, -0.2) is 53.6 Å². The first kappa shape index (κ1) is 23.8. The van der Waals surface area contributed by atoms with Gasteiger partial charge in [0.15, 0.2) is 0 Å². The van der Waals surface area contributed by atoms with Crippen LogP contribution < -0.4 is 16.4 Å². The van der Waals surface area contributed by atoms with Crippen LogP contribution in [0.1, 0.15) is 45.8 Å². The number of carbonyl (C=O) groups excluding carboxylic acids is 3. The zero-order valence-electron chi connectivity index (χ0n) is 18.4. The number of rotatable bonds is 6. The summed E-state index contributed by atoms with van der Waals surface area (Å²) in [7, 11) is 0. The minimum absolute atomic E-state index is 0.123. The number of piperidine rings is 1. The van der Waals surface area contributed by atoms with Crippen molar-refractivity contribution in [2.45, 2.75) is 31.7 Å². The predicted octanol–water partition coefficient (Wildman–Crippen LogP) is 1.85. The molecule has 0 aliphatic carbocycles.